The standard InChI is InChI=1S/C26H27ClF3N3O/c1-5-21-19(12-16-6-9-18(10-7-16)26(28,29)30)24(27)20-13-17(8-11-22(20)33-21)25(34)23(14(2)31)15(3)32-4/h6-11,13,25,34H,5,12,31H2,1-4H3. The van der Waals surface area contributed by atoms with Gasteiger partial charge in [0.2, 0.25) is 0 Å². The molecule has 34 heavy (non-hydrogen) atoms. The van der Waals surface area contributed by atoms with Crippen molar-refractivity contribution in [3.63, 3.8) is 0 Å². The van der Waals surface area contributed by atoms with E-state index in [1.807, 2.05) is 6.92 Å². The molecule has 0 aliphatic rings. The molecule has 8 heteroatoms. The maximum absolute atomic E-state index is 12.9. The van der Waals surface area contributed by atoms with Crippen molar-refractivity contribution in [1.82, 2.24) is 4.98 Å². The van der Waals surface area contributed by atoms with Gasteiger partial charge in [-0.3, -0.25) is 9.98 Å². The molecule has 0 radical (unpaired) electrons. The topological polar surface area (TPSA) is 71.5 Å². The fourth-order valence-corrected chi connectivity index (χ4v) is 4.30. The molecule has 0 spiro atoms. The smallest absolute Gasteiger partial charge is 0.402 e. The highest BCUT2D eigenvalue weighted by atomic mass is 35.5. The van der Waals surface area contributed by atoms with Crippen molar-refractivity contribution in [2.75, 3.05) is 7.05 Å². The molecule has 0 aliphatic heterocycles. The normalized spacial score (nSPS) is 14.3. The minimum absolute atomic E-state index is 0.338. The molecule has 2 aromatic carbocycles. The Morgan fingerprint density at radius 1 is 1.15 bits per heavy atom. The summed E-state index contributed by atoms with van der Waals surface area (Å²) in [6.07, 6.45) is -4.44. The Kier molecular flexibility index (Phi) is 7.68. The number of aliphatic hydroxyl groups is 1. The molecule has 0 saturated heterocycles. The monoisotopic (exact) mass is 489 g/mol. The van der Waals surface area contributed by atoms with E-state index in [4.69, 9.17) is 22.3 Å². The molecule has 1 heterocycles. The minimum atomic E-state index is -4.39. The van der Waals surface area contributed by atoms with Gasteiger partial charge in [-0.05, 0) is 61.2 Å². The van der Waals surface area contributed by atoms with Crippen molar-refractivity contribution < 1.29 is 18.3 Å². The number of benzene rings is 2. The van der Waals surface area contributed by atoms with Crippen LogP contribution in [0.1, 0.15) is 54.8 Å². The summed E-state index contributed by atoms with van der Waals surface area (Å²) in [5.74, 6) is 0. The Bertz CT molecular complexity index is 1260. The van der Waals surface area contributed by atoms with Crippen LogP contribution in [-0.2, 0) is 19.0 Å². The lowest BCUT2D eigenvalue weighted by molar-refractivity contribution is -0.137. The number of fused-ring (bicyclic) bond motifs is 1. The average molecular weight is 490 g/mol. The summed E-state index contributed by atoms with van der Waals surface area (Å²) in [5.41, 5.74) is 10.4. The van der Waals surface area contributed by atoms with Gasteiger partial charge in [-0.15, -0.1) is 0 Å². The van der Waals surface area contributed by atoms with Crippen molar-refractivity contribution in [1.29, 1.82) is 0 Å². The first-order valence-electron chi connectivity index (χ1n) is 10.8. The Morgan fingerprint density at radius 3 is 2.32 bits per heavy atom. The number of hydrogen-bond acceptors (Lipinski definition) is 4. The third-order valence-electron chi connectivity index (χ3n) is 5.86. The lowest BCUT2D eigenvalue weighted by atomic mass is 9.94. The van der Waals surface area contributed by atoms with Crippen molar-refractivity contribution in [3.8, 4) is 0 Å². The Morgan fingerprint density at radius 2 is 1.79 bits per heavy atom. The van der Waals surface area contributed by atoms with Gasteiger partial charge in [-0.25, -0.2) is 0 Å². The van der Waals surface area contributed by atoms with Crippen LogP contribution in [0.2, 0.25) is 5.02 Å². The second-order valence-electron chi connectivity index (χ2n) is 8.16. The van der Waals surface area contributed by atoms with Gasteiger partial charge in [-0.1, -0.05) is 36.7 Å². The molecular weight excluding hydrogens is 463 g/mol. The number of aliphatic imine (C=N–C) groups is 1. The molecular formula is C26H27ClF3N3O. The van der Waals surface area contributed by atoms with Crippen LogP contribution in [0, 0.1) is 0 Å². The molecule has 3 rings (SSSR count). The van der Waals surface area contributed by atoms with Crippen LogP contribution in [0.15, 0.2) is 58.7 Å². The second kappa shape index (κ2) is 10.2. The number of pyridine rings is 1. The molecule has 3 N–H and O–H groups in total. The van der Waals surface area contributed by atoms with Crippen molar-refractivity contribution in [2.24, 2.45) is 10.7 Å². The van der Waals surface area contributed by atoms with Crippen LogP contribution in [0.5, 0.6) is 0 Å². The van der Waals surface area contributed by atoms with E-state index in [0.29, 0.717) is 56.9 Å². The van der Waals surface area contributed by atoms with Crippen molar-refractivity contribution in [3.05, 3.63) is 86.7 Å². The largest absolute Gasteiger partial charge is 0.416 e. The number of hydrogen-bond donors (Lipinski definition) is 2. The number of aromatic nitrogens is 1. The SMILES string of the molecule is CCc1nc2ccc(C(O)C(C(C)=NC)=C(C)N)cc2c(Cl)c1Cc1ccc(C(F)(F)F)cc1. The second-order valence-corrected chi connectivity index (χ2v) is 8.54. The van der Waals surface area contributed by atoms with Gasteiger partial charge in [0.05, 0.1) is 16.1 Å². The molecule has 0 fully saturated rings. The van der Waals surface area contributed by atoms with Gasteiger partial charge in [0.25, 0.3) is 0 Å². The Hall–Kier alpha value is -2.90. The molecule has 1 unspecified atom stereocenters. The summed E-state index contributed by atoms with van der Waals surface area (Å²) < 4.78 is 38.7. The number of aryl methyl sites for hydroxylation is 1. The van der Waals surface area contributed by atoms with Crippen molar-refractivity contribution in [2.45, 2.75) is 45.9 Å². The number of alkyl halides is 3. The number of allylic oxidation sites excluding steroid dienone is 1. The summed E-state index contributed by atoms with van der Waals surface area (Å²) in [6, 6.07) is 10.4. The summed E-state index contributed by atoms with van der Waals surface area (Å²) in [7, 11) is 1.63. The average Bonchev–Trinajstić information content (AvgIpc) is 2.79. The van der Waals surface area contributed by atoms with Crippen molar-refractivity contribution >= 4 is 28.2 Å². The van der Waals surface area contributed by atoms with Crippen LogP contribution in [-0.4, -0.2) is 22.8 Å². The van der Waals surface area contributed by atoms with Crippen LogP contribution >= 0.6 is 11.6 Å². The van der Waals surface area contributed by atoms with E-state index in [1.54, 1.807) is 39.1 Å². The minimum Gasteiger partial charge on any atom is -0.402 e. The first-order chi connectivity index (χ1) is 16.0. The molecule has 1 atom stereocenters. The fourth-order valence-electron chi connectivity index (χ4n) is 3.97. The number of nitrogens with two attached hydrogens (primary N) is 1. The molecule has 0 aliphatic carbocycles. The molecule has 4 nitrogen and oxygen atoms in total. The number of halogens is 4. The number of nitrogens with zero attached hydrogens (tertiary/aromatic N) is 2. The van der Waals surface area contributed by atoms with E-state index in [0.717, 1.165) is 23.4 Å². The highest BCUT2D eigenvalue weighted by Gasteiger charge is 2.30. The zero-order valence-corrected chi connectivity index (χ0v) is 20.2. The van der Waals surface area contributed by atoms with Gasteiger partial charge in [-0.2, -0.15) is 13.2 Å². The first-order valence-corrected chi connectivity index (χ1v) is 11.2. The van der Waals surface area contributed by atoms with Crippen LogP contribution < -0.4 is 5.73 Å². The predicted molar refractivity (Wildman–Crippen MR) is 131 cm³/mol. The molecule has 180 valence electrons. The highest BCUT2D eigenvalue weighted by Crippen LogP contribution is 2.35. The van der Waals surface area contributed by atoms with Gasteiger partial charge >= 0.3 is 6.18 Å². The van der Waals surface area contributed by atoms with Gasteiger partial charge in [0, 0.05) is 41.5 Å². The quantitative estimate of drug-likeness (QED) is 0.392. The van der Waals surface area contributed by atoms with Gasteiger partial charge in [0.15, 0.2) is 0 Å². The molecule has 0 saturated carbocycles. The van der Waals surface area contributed by atoms with Crippen LogP contribution in [0.4, 0.5) is 13.2 Å². The maximum Gasteiger partial charge on any atom is 0.416 e. The summed E-state index contributed by atoms with van der Waals surface area (Å²) in [5, 5.41) is 12.1. The van der Waals surface area contributed by atoms with E-state index in [9.17, 15) is 18.3 Å². The van der Waals surface area contributed by atoms with E-state index in [1.165, 1.54) is 12.1 Å². The fraction of sp³-hybridized carbons (Fsp3) is 0.308. The van der Waals surface area contributed by atoms with Crippen LogP contribution in [0.25, 0.3) is 10.9 Å². The highest BCUT2D eigenvalue weighted by molar-refractivity contribution is 6.36. The van der Waals surface area contributed by atoms with E-state index < -0.39 is 17.8 Å². The Labute approximate surface area is 202 Å². The zero-order chi connectivity index (χ0) is 25.2. The maximum atomic E-state index is 12.9. The molecule has 0 amide bonds. The van der Waals surface area contributed by atoms with E-state index in [2.05, 4.69) is 4.99 Å². The lowest BCUT2D eigenvalue weighted by Gasteiger charge is -2.19. The van der Waals surface area contributed by atoms with Gasteiger partial charge in [0.1, 0.15) is 6.10 Å². The third-order valence-corrected chi connectivity index (χ3v) is 6.29. The number of rotatable bonds is 6. The Balaban J connectivity index is 2.08. The summed E-state index contributed by atoms with van der Waals surface area (Å²) in [4.78, 5) is 8.88. The van der Waals surface area contributed by atoms with E-state index >= 15 is 0 Å². The van der Waals surface area contributed by atoms with Crippen LogP contribution in [0.3, 0.4) is 0 Å². The molecule has 0 bridgehead atoms. The van der Waals surface area contributed by atoms with E-state index in [-0.39, 0.29) is 0 Å². The summed E-state index contributed by atoms with van der Waals surface area (Å²) in [6.45, 7) is 5.44. The molecule has 3 aromatic rings. The third kappa shape index (κ3) is 5.26. The first kappa shape index (κ1) is 25.7. The zero-order valence-electron chi connectivity index (χ0n) is 19.5. The predicted octanol–water partition coefficient (Wildman–Crippen LogP) is 6.42. The molecule has 1 aromatic heterocycles. The lowest BCUT2D eigenvalue weighted by Crippen LogP contribution is -2.15. The number of aliphatic hydroxyl groups excluding tert-OH is 1. The van der Waals surface area contributed by atoms with Gasteiger partial charge < -0.3 is 10.8 Å². The summed E-state index contributed by atoms with van der Waals surface area (Å²) >= 11 is 6.83.